The fourth-order valence-electron chi connectivity index (χ4n) is 4.27. The molecule has 0 fully saturated rings. The highest BCUT2D eigenvalue weighted by molar-refractivity contribution is 7.92. The van der Waals surface area contributed by atoms with E-state index >= 15 is 0 Å². The molecule has 41 heavy (non-hydrogen) atoms. The third-order valence-corrected chi connectivity index (χ3v) is 9.17. The lowest BCUT2D eigenvalue weighted by molar-refractivity contribution is -0.140. The Labute approximate surface area is 253 Å². The number of nitrogens with zero attached hydrogens (tertiary/aromatic N) is 2. The molecular weight excluding hydrogens is 581 g/mol. The first-order chi connectivity index (χ1) is 19.3. The number of carbonyl (C=O) groups excluding carboxylic acids is 2. The Kier molecular flexibility index (Phi) is 11.2. The molecule has 0 aliphatic rings. The lowest BCUT2D eigenvalue weighted by atomic mass is 10.1. The average molecular weight is 619 g/mol. The number of amides is 2. The minimum atomic E-state index is -4.14. The topological polar surface area (TPSA) is 86.8 Å². The number of halogens is 2. The molecule has 0 bridgehead atoms. The quantitative estimate of drug-likeness (QED) is 0.255. The van der Waals surface area contributed by atoms with E-state index in [9.17, 15) is 18.0 Å². The van der Waals surface area contributed by atoms with Gasteiger partial charge < -0.3 is 10.2 Å². The zero-order chi connectivity index (χ0) is 30.3. The molecule has 10 heteroatoms. The van der Waals surface area contributed by atoms with Crippen molar-refractivity contribution in [3.05, 3.63) is 93.5 Å². The molecule has 0 saturated carbocycles. The van der Waals surface area contributed by atoms with E-state index < -0.39 is 28.5 Å². The Morgan fingerprint density at radius 2 is 1.41 bits per heavy atom. The maximum Gasteiger partial charge on any atom is 0.264 e. The van der Waals surface area contributed by atoms with Gasteiger partial charge in [-0.25, -0.2) is 8.42 Å². The number of benzene rings is 3. The first-order valence-corrected chi connectivity index (χ1v) is 15.7. The minimum Gasteiger partial charge on any atom is -0.354 e. The van der Waals surface area contributed by atoms with Crippen LogP contribution < -0.4 is 9.62 Å². The van der Waals surface area contributed by atoms with Gasteiger partial charge in [0.05, 0.1) is 10.6 Å². The van der Waals surface area contributed by atoms with E-state index in [4.69, 9.17) is 23.2 Å². The summed E-state index contributed by atoms with van der Waals surface area (Å²) < 4.78 is 29.0. The van der Waals surface area contributed by atoms with Crippen LogP contribution in [0.25, 0.3) is 0 Å². The summed E-state index contributed by atoms with van der Waals surface area (Å²) in [7, 11) is -4.14. The summed E-state index contributed by atoms with van der Waals surface area (Å²) in [5.41, 5.74) is 2.65. The number of sulfonamides is 1. The Morgan fingerprint density at radius 3 is 1.93 bits per heavy atom. The maximum atomic E-state index is 14.1. The number of rotatable bonds is 12. The van der Waals surface area contributed by atoms with Crippen LogP contribution in [0.1, 0.15) is 43.9 Å². The number of nitrogens with one attached hydrogen (secondary N) is 1. The summed E-state index contributed by atoms with van der Waals surface area (Å²) in [6.07, 6.45) is 0.299. The minimum absolute atomic E-state index is 0.0545. The highest BCUT2D eigenvalue weighted by atomic mass is 35.5. The molecule has 0 aliphatic heterocycles. The Hall–Kier alpha value is -3.07. The van der Waals surface area contributed by atoms with Gasteiger partial charge in [-0.05, 0) is 62.6 Å². The van der Waals surface area contributed by atoms with Crippen LogP contribution >= 0.6 is 23.2 Å². The largest absolute Gasteiger partial charge is 0.354 e. The van der Waals surface area contributed by atoms with Gasteiger partial charge in [-0.15, -0.1) is 0 Å². The molecule has 3 rings (SSSR count). The average Bonchev–Trinajstić information content (AvgIpc) is 2.92. The van der Waals surface area contributed by atoms with Crippen molar-refractivity contribution in [3.63, 3.8) is 0 Å². The number of hydrogen-bond donors (Lipinski definition) is 1. The Bertz CT molecular complexity index is 1440. The van der Waals surface area contributed by atoms with Gasteiger partial charge in [-0.1, -0.05) is 85.4 Å². The first kappa shape index (κ1) is 32.4. The van der Waals surface area contributed by atoms with E-state index in [-0.39, 0.29) is 23.3 Å². The predicted octanol–water partition coefficient (Wildman–Crippen LogP) is 6.39. The van der Waals surface area contributed by atoms with Gasteiger partial charge in [0.25, 0.3) is 10.0 Å². The van der Waals surface area contributed by atoms with Gasteiger partial charge in [-0.3, -0.25) is 13.9 Å². The molecule has 3 aromatic carbocycles. The van der Waals surface area contributed by atoms with Crippen molar-refractivity contribution in [1.82, 2.24) is 10.2 Å². The number of hydrogen-bond acceptors (Lipinski definition) is 4. The molecule has 0 radical (unpaired) electrons. The van der Waals surface area contributed by atoms with Crippen molar-refractivity contribution in [2.75, 3.05) is 17.4 Å². The van der Waals surface area contributed by atoms with E-state index in [1.807, 2.05) is 27.7 Å². The van der Waals surface area contributed by atoms with E-state index in [2.05, 4.69) is 5.32 Å². The summed E-state index contributed by atoms with van der Waals surface area (Å²) in [6, 6.07) is 17.5. The van der Waals surface area contributed by atoms with Crippen LogP contribution in [0.2, 0.25) is 10.0 Å². The molecule has 0 aromatic heterocycles. The van der Waals surface area contributed by atoms with Crippen molar-refractivity contribution >= 4 is 50.7 Å². The zero-order valence-corrected chi connectivity index (χ0v) is 26.4. The maximum absolute atomic E-state index is 14.1. The molecule has 2 amide bonds. The molecular formula is C31H37Cl2N3O4S. The fraction of sp³-hybridized carbons (Fsp3) is 0.355. The summed E-state index contributed by atoms with van der Waals surface area (Å²) in [5, 5.41) is 3.59. The monoisotopic (exact) mass is 617 g/mol. The lowest BCUT2D eigenvalue weighted by Gasteiger charge is -2.33. The number of carbonyl (C=O) groups is 2. The molecule has 1 atom stereocenters. The summed E-state index contributed by atoms with van der Waals surface area (Å²) in [6.45, 7) is 9.34. The van der Waals surface area contributed by atoms with Crippen LogP contribution in [0.15, 0.2) is 71.6 Å². The molecule has 1 N–H and O–H groups in total. The van der Waals surface area contributed by atoms with Crippen LogP contribution in [0.4, 0.5) is 5.69 Å². The zero-order valence-electron chi connectivity index (χ0n) is 24.0. The van der Waals surface area contributed by atoms with Gasteiger partial charge in [0.15, 0.2) is 0 Å². The van der Waals surface area contributed by atoms with Crippen LogP contribution in [0.3, 0.4) is 0 Å². The molecule has 7 nitrogen and oxygen atoms in total. The SMILES string of the molecule is CC[C@H](C(=O)NCC(C)C)N(Cc1c(Cl)cccc1Cl)C(=O)CN(c1ccc(C)cc1)S(=O)(=O)c1ccc(C)cc1. The highest BCUT2D eigenvalue weighted by Gasteiger charge is 2.34. The molecule has 0 spiro atoms. The second-order valence-corrected chi connectivity index (χ2v) is 13.1. The molecule has 220 valence electrons. The second-order valence-electron chi connectivity index (χ2n) is 10.4. The van der Waals surface area contributed by atoms with Crippen molar-refractivity contribution in [2.45, 2.75) is 58.5 Å². The van der Waals surface area contributed by atoms with Crippen molar-refractivity contribution in [2.24, 2.45) is 5.92 Å². The van der Waals surface area contributed by atoms with Crippen LogP contribution in [0.5, 0.6) is 0 Å². The van der Waals surface area contributed by atoms with Crippen LogP contribution in [-0.2, 0) is 26.2 Å². The molecule has 0 unspecified atom stereocenters. The third-order valence-electron chi connectivity index (χ3n) is 6.67. The summed E-state index contributed by atoms with van der Waals surface area (Å²) >= 11 is 12.9. The standard InChI is InChI=1S/C31H37Cl2N3O4S/c1-6-29(31(38)34-18-21(2)3)35(19-26-27(32)8-7-9-28(26)33)30(37)20-36(24-14-10-22(4)11-15-24)41(39,40)25-16-12-23(5)13-17-25/h7-17,21,29H,6,18-20H2,1-5H3,(H,34,38)/t29-/m1/s1. The van der Waals surface area contributed by atoms with E-state index in [1.165, 1.54) is 17.0 Å². The fourth-order valence-corrected chi connectivity index (χ4v) is 6.20. The number of aryl methyl sites for hydroxylation is 2. The van der Waals surface area contributed by atoms with Gasteiger partial charge in [0, 0.05) is 28.7 Å². The Morgan fingerprint density at radius 1 is 0.878 bits per heavy atom. The van der Waals surface area contributed by atoms with Crippen molar-refractivity contribution in [1.29, 1.82) is 0 Å². The highest BCUT2D eigenvalue weighted by Crippen LogP contribution is 2.29. The normalized spacial score (nSPS) is 12.2. The Balaban J connectivity index is 2.08. The summed E-state index contributed by atoms with van der Waals surface area (Å²) in [5.74, 6) is -0.694. The van der Waals surface area contributed by atoms with Gasteiger partial charge in [0.2, 0.25) is 11.8 Å². The number of anilines is 1. The molecule has 0 saturated heterocycles. The van der Waals surface area contributed by atoms with E-state index in [0.717, 1.165) is 15.4 Å². The molecule has 0 heterocycles. The molecule has 3 aromatic rings. The van der Waals surface area contributed by atoms with Crippen molar-refractivity contribution in [3.8, 4) is 0 Å². The predicted molar refractivity (Wildman–Crippen MR) is 166 cm³/mol. The molecule has 0 aliphatic carbocycles. The van der Waals surface area contributed by atoms with Gasteiger partial charge in [0.1, 0.15) is 12.6 Å². The van der Waals surface area contributed by atoms with Crippen LogP contribution in [0, 0.1) is 19.8 Å². The van der Waals surface area contributed by atoms with Gasteiger partial charge >= 0.3 is 0 Å². The van der Waals surface area contributed by atoms with Crippen LogP contribution in [-0.4, -0.2) is 44.3 Å². The third kappa shape index (κ3) is 8.24. The first-order valence-electron chi connectivity index (χ1n) is 13.5. The van der Waals surface area contributed by atoms with Gasteiger partial charge in [-0.2, -0.15) is 0 Å². The van der Waals surface area contributed by atoms with E-state index in [0.29, 0.717) is 34.3 Å². The van der Waals surface area contributed by atoms with Crippen molar-refractivity contribution < 1.29 is 18.0 Å². The second kappa shape index (κ2) is 14.2. The smallest absolute Gasteiger partial charge is 0.264 e. The lowest BCUT2D eigenvalue weighted by Crippen LogP contribution is -2.52. The van der Waals surface area contributed by atoms with E-state index in [1.54, 1.807) is 61.5 Å². The summed E-state index contributed by atoms with van der Waals surface area (Å²) in [4.78, 5) is 28.9.